The zero-order valence-corrected chi connectivity index (χ0v) is 21.5. The second kappa shape index (κ2) is 25.1. The molecule has 1 unspecified atom stereocenters. The maximum atomic E-state index is 11.6. The Morgan fingerprint density at radius 1 is 0.758 bits per heavy atom. The first-order valence-electron chi connectivity index (χ1n) is 13.8. The molecule has 0 aliphatic carbocycles. The summed E-state index contributed by atoms with van der Waals surface area (Å²) in [5.41, 5.74) is 0. The van der Waals surface area contributed by atoms with Crippen LogP contribution in [0.1, 0.15) is 135 Å². The smallest absolute Gasteiger partial charge is 0.307 e. The molecule has 0 aliphatic rings. The Kier molecular flexibility index (Phi) is 23.9. The SMILES string of the molecule is C=CCOC(=O)CC(CCCCCC/C=C/CCCCCCCCCCCCCC)C(=O)O. The predicted octanol–water partition coefficient (Wildman–Crippen LogP) is 8.79. The number of carboxylic acids is 1. The van der Waals surface area contributed by atoms with Crippen LogP contribution in [0.3, 0.4) is 0 Å². The average molecular weight is 465 g/mol. The minimum atomic E-state index is -0.911. The Hall–Kier alpha value is -1.58. The van der Waals surface area contributed by atoms with Crippen molar-refractivity contribution in [2.24, 2.45) is 5.92 Å². The molecule has 0 aromatic heterocycles. The first kappa shape index (κ1) is 31.4. The number of carbonyl (C=O) groups excluding carboxylic acids is 1. The van der Waals surface area contributed by atoms with Crippen LogP contribution in [0.2, 0.25) is 0 Å². The largest absolute Gasteiger partial charge is 0.481 e. The van der Waals surface area contributed by atoms with Crippen LogP contribution in [-0.4, -0.2) is 23.7 Å². The van der Waals surface area contributed by atoms with Crippen molar-refractivity contribution in [1.29, 1.82) is 0 Å². The van der Waals surface area contributed by atoms with Crippen molar-refractivity contribution in [3.05, 3.63) is 24.8 Å². The van der Waals surface area contributed by atoms with Crippen molar-refractivity contribution < 1.29 is 19.4 Å². The molecule has 0 heterocycles. The summed E-state index contributed by atoms with van der Waals surface area (Å²) in [4.78, 5) is 22.9. The Morgan fingerprint density at radius 3 is 1.67 bits per heavy atom. The number of allylic oxidation sites excluding steroid dienone is 2. The molecule has 0 saturated carbocycles. The van der Waals surface area contributed by atoms with Gasteiger partial charge in [0, 0.05) is 0 Å². The molecule has 0 aromatic carbocycles. The van der Waals surface area contributed by atoms with Gasteiger partial charge in [0.1, 0.15) is 6.61 Å². The van der Waals surface area contributed by atoms with Gasteiger partial charge in [0.05, 0.1) is 12.3 Å². The van der Waals surface area contributed by atoms with E-state index in [2.05, 4.69) is 25.7 Å². The Morgan fingerprint density at radius 2 is 1.21 bits per heavy atom. The molecule has 4 heteroatoms. The molecule has 192 valence electrons. The van der Waals surface area contributed by atoms with Crippen molar-refractivity contribution in [2.75, 3.05) is 6.61 Å². The minimum absolute atomic E-state index is 0.0506. The topological polar surface area (TPSA) is 63.6 Å². The van der Waals surface area contributed by atoms with E-state index in [1.54, 1.807) is 0 Å². The first-order valence-corrected chi connectivity index (χ1v) is 13.8. The quantitative estimate of drug-likeness (QED) is 0.0832. The molecule has 0 amide bonds. The molecule has 0 spiro atoms. The molecule has 0 fully saturated rings. The van der Waals surface area contributed by atoms with Gasteiger partial charge in [-0.2, -0.15) is 0 Å². The Bertz CT molecular complexity index is 498. The third kappa shape index (κ3) is 23.4. The Balaban J connectivity index is 3.44. The van der Waals surface area contributed by atoms with Gasteiger partial charge in [-0.25, -0.2) is 0 Å². The summed E-state index contributed by atoms with van der Waals surface area (Å²) in [6.45, 7) is 5.89. The predicted molar refractivity (Wildman–Crippen MR) is 139 cm³/mol. The van der Waals surface area contributed by atoms with E-state index in [1.807, 2.05) is 0 Å². The van der Waals surface area contributed by atoms with E-state index in [-0.39, 0.29) is 13.0 Å². The van der Waals surface area contributed by atoms with E-state index in [4.69, 9.17) is 4.74 Å². The van der Waals surface area contributed by atoms with E-state index >= 15 is 0 Å². The third-order valence-corrected chi connectivity index (χ3v) is 6.19. The lowest BCUT2D eigenvalue weighted by atomic mass is 9.97. The lowest BCUT2D eigenvalue weighted by Crippen LogP contribution is -2.19. The van der Waals surface area contributed by atoms with Crippen LogP contribution in [0.4, 0.5) is 0 Å². The van der Waals surface area contributed by atoms with Gasteiger partial charge in [-0.15, -0.1) is 0 Å². The summed E-state index contributed by atoms with van der Waals surface area (Å²) >= 11 is 0. The van der Waals surface area contributed by atoms with Gasteiger partial charge >= 0.3 is 11.9 Å². The maximum absolute atomic E-state index is 11.6. The van der Waals surface area contributed by atoms with Crippen LogP contribution < -0.4 is 0 Å². The van der Waals surface area contributed by atoms with Crippen molar-refractivity contribution in [3.8, 4) is 0 Å². The number of hydrogen-bond acceptors (Lipinski definition) is 3. The standard InChI is InChI=1S/C29H52O4/c1-3-5-6-7-8-9-10-11-12-13-14-15-16-17-18-19-20-21-22-23-24-27(29(31)32)26-28(30)33-25-4-2/h4,17-18,27H,2-3,5-16,19-26H2,1H3,(H,31,32)/b18-17+. The Labute approximate surface area is 204 Å². The second-order valence-corrected chi connectivity index (χ2v) is 9.35. The fourth-order valence-corrected chi connectivity index (χ4v) is 4.07. The highest BCUT2D eigenvalue weighted by Gasteiger charge is 2.21. The molecule has 4 nitrogen and oxygen atoms in total. The molecule has 0 aromatic rings. The fourth-order valence-electron chi connectivity index (χ4n) is 4.07. The van der Waals surface area contributed by atoms with Crippen LogP contribution >= 0.6 is 0 Å². The molecule has 0 aliphatic heterocycles. The number of carbonyl (C=O) groups is 2. The molecular formula is C29H52O4. The van der Waals surface area contributed by atoms with E-state index in [9.17, 15) is 14.7 Å². The van der Waals surface area contributed by atoms with Crippen LogP contribution in [0.5, 0.6) is 0 Å². The van der Waals surface area contributed by atoms with Crippen LogP contribution in [0, 0.1) is 5.92 Å². The lowest BCUT2D eigenvalue weighted by Gasteiger charge is -2.11. The maximum Gasteiger partial charge on any atom is 0.307 e. The molecule has 33 heavy (non-hydrogen) atoms. The lowest BCUT2D eigenvalue weighted by molar-refractivity contribution is -0.151. The highest BCUT2D eigenvalue weighted by Crippen LogP contribution is 2.17. The summed E-state index contributed by atoms with van der Waals surface area (Å²) in [6, 6.07) is 0. The highest BCUT2D eigenvalue weighted by molar-refractivity contribution is 5.78. The van der Waals surface area contributed by atoms with E-state index in [0.717, 1.165) is 32.1 Å². The first-order chi connectivity index (χ1) is 16.1. The number of esters is 1. The summed E-state index contributed by atoms with van der Waals surface area (Å²) in [5.74, 6) is -2.01. The number of aliphatic carboxylic acids is 1. The molecule has 1 atom stereocenters. The van der Waals surface area contributed by atoms with Crippen molar-refractivity contribution in [3.63, 3.8) is 0 Å². The second-order valence-electron chi connectivity index (χ2n) is 9.35. The van der Waals surface area contributed by atoms with Gasteiger partial charge in [-0.3, -0.25) is 9.59 Å². The van der Waals surface area contributed by atoms with Crippen LogP contribution in [-0.2, 0) is 14.3 Å². The van der Waals surface area contributed by atoms with E-state index in [0.29, 0.717) is 6.42 Å². The van der Waals surface area contributed by atoms with Crippen molar-refractivity contribution in [1.82, 2.24) is 0 Å². The van der Waals surface area contributed by atoms with E-state index < -0.39 is 17.9 Å². The molecule has 0 bridgehead atoms. The van der Waals surface area contributed by atoms with Crippen molar-refractivity contribution >= 4 is 11.9 Å². The van der Waals surface area contributed by atoms with Gasteiger partial charge in [-0.1, -0.05) is 122 Å². The molecule has 0 radical (unpaired) electrons. The average Bonchev–Trinajstić information content (AvgIpc) is 2.80. The number of rotatable bonds is 25. The minimum Gasteiger partial charge on any atom is -0.481 e. The molecular weight excluding hydrogens is 412 g/mol. The molecule has 0 saturated heterocycles. The zero-order valence-electron chi connectivity index (χ0n) is 21.5. The van der Waals surface area contributed by atoms with Gasteiger partial charge in [-0.05, 0) is 32.1 Å². The summed E-state index contributed by atoms with van der Waals surface area (Å²) in [5, 5.41) is 9.27. The van der Waals surface area contributed by atoms with Crippen LogP contribution in [0.25, 0.3) is 0 Å². The van der Waals surface area contributed by atoms with Gasteiger partial charge in [0.15, 0.2) is 0 Å². The van der Waals surface area contributed by atoms with Crippen LogP contribution in [0.15, 0.2) is 24.8 Å². The number of ether oxygens (including phenoxy) is 1. The fraction of sp³-hybridized carbons (Fsp3) is 0.793. The number of carboxylic acid groups (broad SMARTS) is 1. The molecule has 1 N–H and O–H groups in total. The monoisotopic (exact) mass is 464 g/mol. The molecule has 0 rings (SSSR count). The van der Waals surface area contributed by atoms with Gasteiger partial charge < -0.3 is 9.84 Å². The third-order valence-electron chi connectivity index (χ3n) is 6.19. The number of hydrogen-bond donors (Lipinski definition) is 1. The summed E-state index contributed by atoms with van der Waals surface area (Å²) in [7, 11) is 0. The van der Waals surface area contributed by atoms with Crippen molar-refractivity contribution in [2.45, 2.75) is 135 Å². The number of unbranched alkanes of at least 4 members (excludes halogenated alkanes) is 16. The highest BCUT2D eigenvalue weighted by atomic mass is 16.5. The van der Waals surface area contributed by atoms with E-state index in [1.165, 1.54) is 89.5 Å². The normalized spacial score (nSPS) is 12.2. The zero-order chi connectivity index (χ0) is 24.4. The van der Waals surface area contributed by atoms with Gasteiger partial charge in [0.25, 0.3) is 0 Å². The summed E-state index contributed by atoms with van der Waals surface area (Å²) < 4.78 is 4.89. The summed E-state index contributed by atoms with van der Waals surface area (Å²) in [6.07, 6.45) is 29.7. The van der Waals surface area contributed by atoms with Gasteiger partial charge in [0.2, 0.25) is 0 Å².